The summed E-state index contributed by atoms with van der Waals surface area (Å²) < 4.78 is 0. The van der Waals surface area contributed by atoms with Crippen molar-refractivity contribution in [2.45, 2.75) is 44.2 Å². The van der Waals surface area contributed by atoms with Crippen molar-refractivity contribution in [3.05, 3.63) is 29.8 Å². The maximum absolute atomic E-state index is 3.84. The van der Waals surface area contributed by atoms with Crippen LogP contribution in [0.25, 0.3) is 0 Å². The lowest BCUT2D eigenvalue weighted by atomic mass is 9.81. The summed E-state index contributed by atoms with van der Waals surface area (Å²) in [6.45, 7) is 7.07. The van der Waals surface area contributed by atoms with Gasteiger partial charge in [-0.2, -0.15) is 11.8 Å². The van der Waals surface area contributed by atoms with Crippen molar-refractivity contribution in [3.8, 4) is 0 Å². The van der Waals surface area contributed by atoms with Crippen LogP contribution in [0, 0.1) is 5.41 Å². The average molecular weight is 296 g/mol. The quantitative estimate of drug-likeness (QED) is 0.816. The fourth-order valence-corrected chi connectivity index (χ4v) is 4.53. The van der Waals surface area contributed by atoms with Gasteiger partial charge in [-0.05, 0) is 48.5 Å². The third-order valence-electron chi connectivity index (χ3n) is 4.19. The minimum atomic E-state index is 0.415. The average Bonchev–Trinajstić information content (AvgIpc) is 2.41. The fraction of sp³-hybridized carbons (Fsp3) is 0.625. The van der Waals surface area contributed by atoms with Gasteiger partial charge >= 0.3 is 0 Å². The lowest BCUT2D eigenvalue weighted by molar-refractivity contribution is 0.232. The highest BCUT2D eigenvalue weighted by Gasteiger charge is 2.33. The number of nitrogens with one attached hydrogen (secondary N) is 1. The molecule has 0 aromatic heterocycles. The Morgan fingerprint density at radius 1 is 1.32 bits per heavy atom. The Hall–Kier alpha value is -0.120. The van der Waals surface area contributed by atoms with Crippen molar-refractivity contribution in [1.82, 2.24) is 5.32 Å². The van der Waals surface area contributed by atoms with Crippen LogP contribution in [0.1, 0.15) is 38.8 Å². The van der Waals surface area contributed by atoms with Crippen LogP contribution in [0.3, 0.4) is 0 Å². The van der Waals surface area contributed by atoms with Gasteiger partial charge in [0.15, 0.2) is 0 Å². The zero-order valence-electron chi connectivity index (χ0n) is 12.4. The highest BCUT2D eigenvalue weighted by Crippen LogP contribution is 2.35. The molecular weight excluding hydrogens is 270 g/mol. The highest BCUT2D eigenvalue weighted by molar-refractivity contribution is 7.99. The molecule has 1 N–H and O–H groups in total. The van der Waals surface area contributed by atoms with E-state index in [9.17, 15) is 0 Å². The molecule has 1 aromatic carbocycles. The molecule has 19 heavy (non-hydrogen) atoms. The zero-order chi connectivity index (χ0) is 13.9. The maximum Gasteiger partial charge on any atom is 0.0294 e. The van der Waals surface area contributed by atoms with Gasteiger partial charge in [0.1, 0.15) is 0 Å². The summed E-state index contributed by atoms with van der Waals surface area (Å²) in [6.07, 6.45) is 3.44. The summed E-state index contributed by atoms with van der Waals surface area (Å²) in [5.41, 5.74) is 1.81. The Morgan fingerprint density at radius 2 is 2.00 bits per heavy atom. The minimum absolute atomic E-state index is 0.415. The minimum Gasteiger partial charge on any atom is -0.306 e. The van der Waals surface area contributed by atoms with Gasteiger partial charge in [-0.15, -0.1) is 11.8 Å². The number of hydrogen-bond donors (Lipinski definition) is 1. The standard InChI is InChI=1S/C16H25NS2/c1-12(13-5-7-14(18-4)8-6-13)17-15-11-19-10-9-16(15,2)3/h5-8,12,15,17H,9-11H2,1-4H3. The third kappa shape index (κ3) is 3.93. The van der Waals surface area contributed by atoms with E-state index in [2.05, 4.69) is 68.4 Å². The van der Waals surface area contributed by atoms with Crippen molar-refractivity contribution < 1.29 is 0 Å². The molecule has 0 saturated carbocycles. The van der Waals surface area contributed by atoms with E-state index < -0.39 is 0 Å². The van der Waals surface area contributed by atoms with E-state index in [1.165, 1.54) is 28.4 Å². The molecule has 0 spiro atoms. The van der Waals surface area contributed by atoms with E-state index in [1.807, 2.05) is 0 Å². The van der Waals surface area contributed by atoms with Gasteiger partial charge in [-0.3, -0.25) is 0 Å². The second-order valence-electron chi connectivity index (χ2n) is 6.03. The first-order valence-corrected chi connectivity index (χ1v) is 9.38. The van der Waals surface area contributed by atoms with E-state index >= 15 is 0 Å². The van der Waals surface area contributed by atoms with Gasteiger partial charge in [-0.1, -0.05) is 26.0 Å². The molecule has 2 rings (SSSR count). The Kier molecular flexibility index (Phi) is 5.27. The van der Waals surface area contributed by atoms with E-state index in [1.54, 1.807) is 11.8 Å². The maximum atomic E-state index is 3.84. The number of benzene rings is 1. The van der Waals surface area contributed by atoms with Gasteiger partial charge in [0.2, 0.25) is 0 Å². The van der Waals surface area contributed by atoms with Gasteiger partial charge < -0.3 is 5.32 Å². The lowest BCUT2D eigenvalue weighted by Gasteiger charge is -2.40. The van der Waals surface area contributed by atoms with Crippen LogP contribution in [-0.4, -0.2) is 23.8 Å². The van der Waals surface area contributed by atoms with Gasteiger partial charge in [0.25, 0.3) is 0 Å². The number of hydrogen-bond acceptors (Lipinski definition) is 3. The molecular formula is C16H25NS2. The monoisotopic (exact) mass is 295 g/mol. The predicted molar refractivity (Wildman–Crippen MR) is 89.3 cm³/mol. The molecule has 1 fully saturated rings. The van der Waals surface area contributed by atoms with Crippen LogP contribution in [0.5, 0.6) is 0 Å². The molecule has 1 saturated heterocycles. The van der Waals surface area contributed by atoms with Crippen LogP contribution >= 0.6 is 23.5 Å². The Bertz CT molecular complexity index is 400. The number of rotatable bonds is 4. The van der Waals surface area contributed by atoms with Crippen LogP contribution < -0.4 is 5.32 Å². The first kappa shape index (κ1) is 15.3. The topological polar surface area (TPSA) is 12.0 Å². The zero-order valence-corrected chi connectivity index (χ0v) is 14.0. The molecule has 0 bridgehead atoms. The van der Waals surface area contributed by atoms with E-state index in [0.29, 0.717) is 17.5 Å². The lowest BCUT2D eigenvalue weighted by Crippen LogP contribution is -2.47. The van der Waals surface area contributed by atoms with Gasteiger partial charge in [0.05, 0.1) is 0 Å². The van der Waals surface area contributed by atoms with Crippen molar-refractivity contribution in [2.24, 2.45) is 5.41 Å². The summed E-state index contributed by atoms with van der Waals surface area (Å²) in [7, 11) is 0. The van der Waals surface area contributed by atoms with Crippen molar-refractivity contribution in [3.63, 3.8) is 0 Å². The summed E-state index contributed by atoms with van der Waals surface area (Å²) in [4.78, 5) is 1.34. The third-order valence-corrected chi connectivity index (χ3v) is 5.99. The Morgan fingerprint density at radius 3 is 2.58 bits per heavy atom. The van der Waals surface area contributed by atoms with E-state index in [0.717, 1.165) is 0 Å². The Labute approximate surface area is 126 Å². The largest absolute Gasteiger partial charge is 0.306 e. The first-order chi connectivity index (χ1) is 9.03. The molecule has 1 heterocycles. The van der Waals surface area contributed by atoms with E-state index in [4.69, 9.17) is 0 Å². The summed E-state index contributed by atoms with van der Waals surface area (Å²) in [6, 6.07) is 10.00. The molecule has 2 unspecified atom stereocenters. The van der Waals surface area contributed by atoms with Crippen LogP contribution in [0.2, 0.25) is 0 Å². The normalized spacial score (nSPS) is 24.1. The molecule has 0 aliphatic carbocycles. The van der Waals surface area contributed by atoms with Crippen LogP contribution in [0.4, 0.5) is 0 Å². The second kappa shape index (κ2) is 6.55. The van der Waals surface area contributed by atoms with Crippen molar-refractivity contribution in [1.29, 1.82) is 0 Å². The molecule has 1 nitrogen and oxygen atoms in total. The summed E-state index contributed by atoms with van der Waals surface area (Å²) in [5, 5.41) is 3.84. The summed E-state index contributed by atoms with van der Waals surface area (Å²) in [5.74, 6) is 2.54. The van der Waals surface area contributed by atoms with Crippen molar-refractivity contribution in [2.75, 3.05) is 17.8 Å². The second-order valence-corrected chi connectivity index (χ2v) is 8.06. The fourth-order valence-electron chi connectivity index (χ4n) is 2.50. The Balaban J connectivity index is 2.01. The molecule has 0 radical (unpaired) electrons. The predicted octanol–water partition coefficient (Wildman–Crippen LogP) is 4.59. The van der Waals surface area contributed by atoms with Crippen molar-refractivity contribution >= 4 is 23.5 Å². The molecule has 1 aliphatic heterocycles. The smallest absolute Gasteiger partial charge is 0.0294 e. The SMILES string of the molecule is CSc1ccc(C(C)NC2CSCCC2(C)C)cc1. The molecule has 1 aromatic rings. The van der Waals surface area contributed by atoms with E-state index in [-0.39, 0.29) is 0 Å². The van der Waals surface area contributed by atoms with Gasteiger partial charge in [-0.25, -0.2) is 0 Å². The highest BCUT2D eigenvalue weighted by atomic mass is 32.2. The summed E-state index contributed by atoms with van der Waals surface area (Å²) >= 11 is 3.88. The van der Waals surface area contributed by atoms with Crippen LogP contribution in [-0.2, 0) is 0 Å². The molecule has 2 atom stereocenters. The first-order valence-electron chi connectivity index (χ1n) is 7.00. The molecule has 106 valence electrons. The number of thioether (sulfide) groups is 2. The molecule has 0 amide bonds. The van der Waals surface area contributed by atoms with Crippen LogP contribution in [0.15, 0.2) is 29.2 Å². The molecule has 3 heteroatoms. The van der Waals surface area contributed by atoms with Gasteiger partial charge in [0, 0.05) is 22.7 Å². The molecule has 1 aliphatic rings.